The number of nitrogens with zero attached hydrogens (tertiary/aromatic N) is 1. The van der Waals surface area contributed by atoms with Crippen molar-refractivity contribution >= 4 is 23.1 Å². The van der Waals surface area contributed by atoms with E-state index in [-0.39, 0.29) is 0 Å². The van der Waals surface area contributed by atoms with Crippen molar-refractivity contribution in [2.75, 3.05) is 0 Å². The summed E-state index contributed by atoms with van der Waals surface area (Å²) < 4.78 is 0. The summed E-state index contributed by atoms with van der Waals surface area (Å²) in [6.07, 6.45) is 4.86. The summed E-state index contributed by atoms with van der Waals surface area (Å²) in [5.41, 5.74) is 7.94. The highest BCUT2D eigenvalue weighted by Gasteiger charge is 2.18. The lowest BCUT2D eigenvalue weighted by atomic mass is 10.1. The fourth-order valence-electron chi connectivity index (χ4n) is 2.15. The van der Waals surface area contributed by atoms with Gasteiger partial charge >= 0.3 is 0 Å². The van der Waals surface area contributed by atoms with E-state index in [0.717, 1.165) is 17.1 Å². The van der Waals surface area contributed by atoms with Gasteiger partial charge in [0.2, 0.25) is 0 Å². The summed E-state index contributed by atoms with van der Waals surface area (Å²) in [7, 11) is 0. The van der Waals surface area contributed by atoms with Crippen LogP contribution in [0.5, 0.6) is 0 Å². The van der Waals surface area contributed by atoms with Gasteiger partial charge < -0.3 is 5.73 Å². The van der Waals surface area contributed by atoms with Crippen molar-refractivity contribution in [2.24, 2.45) is 16.6 Å². The molecule has 1 saturated carbocycles. The van der Waals surface area contributed by atoms with Crippen molar-refractivity contribution in [2.45, 2.75) is 32.6 Å². The number of halogens is 1. The average molecular weight is 237 g/mol. The van der Waals surface area contributed by atoms with Gasteiger partial charge in [-0.15, -0.1) is 0 Å². The summed E-state index contributed by atoms with van der Waals surface area (Å²) >= 11 is 6.12. The number of aryl methyl sites for hydroxylation is 1. The minimum absolute atomic E-state index is 0.456. The molecule has 0 spiro atoms. The summed E-state index contributed by atoms with van der Waals surface area (Å²) in [5, 5.41) is 0.681. The zero-order valence-electron chi connectivity index (χ0n) is 9.54. The number of amidine groups is 1. The topological polar surface area (TPSA) is 38.4 Å². The third-order valence-corrected chi connectivity index (χ3v) is 3.43. The molecule has 2 rings (SSSR count). The molecule has 0 heterocycles. The molecule has 0 bridgehead atoms. The Kier molecular flexibility index (Phi) is 3.49. The summed E-state index contributed by atoms with van der Waals surface area (Å²) in [4.78, 5) is 4.44. The Hall–Kier alpha value is -1.02. The standard InChI is InChI=1S/C13H17ClN2/c1-9-6-7-12(11(14)8-9)16-13(15)10-4-2-3-5-10/h6-8,10H,2-5H2,1H3,(H2,15,16). The van der Waals surface area contributed by atoms with Gasteiger partial charge in [0.1, 0.15) is 5.84 Å². The van der Waals surface area contributed by atoms with Crippen LogP contribution in [-0.2, 0) is 0 Å². The monoisotopic (exact) mass is 236 g/mol. The van der Waals surface area contributed by atoms with Crippen LogP contribution in [0, 0.1) is 12.8 Å². The van der Waals surface area contributed by atoms with Crippen LogP contribution in [0.25, 0.3) is 0 Å². The van der Waals surface area contributed by atoms with Crippen LogP contribution in [0.3, 0.4) is 0 Å². The van der Waals surface area contributed by atoms with Gasteiger partial charge in [-0.1, -0.05) is 30.5 Å². The molecular weight excluding hydrogens is 220 g/mol. The average Bonchev–Trinajstić information content (AvgIpc) is 2.75. The van der Waals surface area contributed by atoms with Gasteiger partial charge in [-0.25, -0.2) is 4.99 Å². The molecule has 0 saturated heterocycles. The van der Waals surface area contributed by atoms with Gasteiger partial charge in [-0.05, 0) is 37.5 Å². The van der Waals surface area contributed by atoms with Crippen molar-refractivity contribution in [1.82, 2.24) is 0 Å². The molecule has 2 N–H and O–H groups in total. The van der Waals surface area contributed by atoms with E-state index in [1.807, 2.05) is 25.1 Å². The third-order valence-electron chi connectivity index (χ3n) is 3.13. The molecule has 1 aliphatic rings. The first-order valence-corrected chi connectivity index (χ1v) is 6.15. The lowest BCUT2D eigenvalue weighted by molar-refractivity contribution is 0.722. The maximum absolute atomic E-state index is 6.12. The van der Waals surface area contributed by atoms with Gasteiger partial charge in [0.05, 0.1) is 10.7 Å². The van der Waals surface area contributed by atoms with Gasteiger partial charge in [0.15, 0.2) is 0 Å². The van der Waals surface area contributed by atoms with Gasteiger partial charge in [0, 0.05) is 5.92 Å². The number of nitrogens with two attached hydrogens (primary N) is 1. The Morgan fingerprint density at radius 2 is 2.06 bits per heavy atom. The Labute approximate surface area is 102 Å². The van der Waals surface area contributed by atoms with E-state index in [4.69, 9.17) is 17.3 Å². The lowest BCUT2D eigenvalue weighted by Gasteiger charge is -2.08. The number of aliphatic imine (C=N–C) groups is 1. The first-order valence-electron chi connectivity index (χ1n) is 5.77. The van der Waals surface area contributed by atoms with Crippen LogP contribution in [0.2, 0.25) is 5.02 Å². The largest absolute Gasteiger partial charge is 0.387 e. The number of hydrogen-bond acceptors (Lipinski definition) is 1. The molecule has 1 aliphatic carbocycles. The Bertz CT molecular complexity index is 406. The quantitative estimate of drug-likeness (QED) is 0.615. The Morgan fingerprint density at radius 1 is 1.38 bits per heavy atom. The van der Waals surface area contributed by atoms with Crippen molar-refractivity contribution in [3.8, 4) is 0 Å². The van der Waals surface area contributed by atoms with Crippen molar-refractivity contribution in [3.63, 3.8) is 0 Å². The molecule has 0 radical (unpaired) electrons. The zero-order valence-corrected chi connectivity index (χ0v) is 10.3. The molecular formula is C13H17ClN2. The molecule has 2 nitrogen and oxygen atoms in total. The molecule has 0 amide bonds. The molecule has 16 heavy (non-hydrogen) atoms. The predicted molar refractivity (Wildman–Crippen MR) is 69.4 cm³/mol. The highest BCUT2D eigenvalue weighted by atomic mass is 35.5. The number of hydrogen-bond donors (Lipinski definition) is 1. The van der Waals surface area contributed by atoms with Crippen LogP contribution in [0.1, 0.15) is 31.2 Å². The second-order valence-electron chi connectivity index (χ2n) is 4.47. The SMILES string of the molecule is Cc1ccc(N=C(N)C2CCCC2)c(Cl)c1. The molecule has 0 aliphatic heterocycles. The molecule has 0 atom stereocenters. The van der Waals surface area contributed by atoms with Gasteiger partial charge in [-0.3, -0.25) is 0 Å². The van der Waals surface area contributed by atoms with Crippen LogP contribution >= 0.6 is 11.6 Å². The fraction of sp³-hybridized carbons (Fsp3) is 0.462. The first kappa shape index (κ1) is 11.5. The molecule has 0 aromatic heterocycles. The summed E-state index contributed by atoms with van der Waals surface area (Å²) in [6.45, 7) is 2.01. The van der Waals surface area contributed by atoms with Gasteiger partial charge in [0.25, 0.3) is 0 Å². The number of benzene rings is 1. The smallest absolute Gasteiger partial charge is 0.103 e. The maximum Gasteiger partial charge on any atom is 0.103 e. The molecule has 1 fully saturated rings. The van der Waals surface area contributed by atoms with Crippen LogP contribution in [0.4, 0.5) is 5.69 Å². The fourth-order valence-corrected chi connectivity index (χ4v) is 2.43. The minimum Gasteiger partial charge on any atom is -0.387 e. The zero-order chi connectivity index (χ0) is 11.5. The van der Waals surface area contributed by atoms with Gasteiger partial charge in [-0.2, -0.15) is 0 Å². The van der Waals surface area contributed by atoms with E-state index in [9.17, 15) is 0 Å². The summed E-state index contributed by atoms with van der Waals surface area (Å²) in [6, 6.07) is 5.86. The van der Waals surface area contributed by atoms with Crippen LogP contribution < -0.4 is 5.73 Å². The summed E-state index contributed by atoms with van der Waals surface area (Å²) in [5.74, 6) is 1.20. The Balaban J connectivity index is 2.20. The second-order valence-corrected chi connectivity index (χ2v) is 4.88. The van der Waals surface area contributed by atoms with Crippen molar-refractivity contribution in [1.29, 1.82) is 0 Å². The van der Waals surface area contributed by atoms with E-state index in [0.29, 0.717) is 10.9 Å². The predicted octanol–water partition coefficient (Wildman–Crippen LogP) is 3.83. The van der Waals surface area contributed by atoms with Crippen molar-refractivity contribution < 1.29 is 0 Å². The highest BCUT2D eigenvalue weighted by molar-refractivity contribution is 6.33. The second kappa shape index (κ2) is 4.88. The van der Waals surface area contributed by atoms with E-state index >= 15 is 0 Å². The number of rotatable bonds is 2. The van der Waals surface area contributed by atoms with Crippen LogP contribution in [0.15, 0.2) is 23.2 Å². The third kappa shape index (κ3) is 2.56. The molecule has 3 heteroatoms. The molecule has 86 valence electrons. The maximum atomic E-state index is 6.12. The molecule has 1 aromatic carbocycles. The van der Waals surface area contributed by atoms with Crippen molar-refractivity contribution in [3.05, 3.63) is 28.8 Å². The normalized spacial score (nSPS) is 18.0. The molecule has 1 aromatic rings. The van der Waals surface area contributed by atoms with Crippen LogP contribution in [-0.4, -0.2) is 5.84 Å². The lowest BCUT2D eigenvalue weighted by Crippen LogP contribution is -2.20. The first-order chi connectivity index (χ1) is 7.66. The van der Waals surface area contributed by atoms with E-state index in [1.54, 1.807) is 0 Å². The highest BCUT2D eigenvalue weighted by Crippen LogP contribution is 2.29. The van der Waals surface area contributed by atoms with E-state index in [2.05, 4.69) is 4.99 Å². The molecule has 0 unspecified atom stereocenters. The minimum atomic E-state index is 0.456. The Morgan fingerprint density at radius 3 is 2.69 bits per heavy atom. The van der Waals surface area contributed by atoms with E-state index in [1.165, 1.54) is 25.7 Å². The van der Waals surface area contributed by atoms with E-state index < -0.39 is 0 Å².